The Labute approximate surface area is 168 Å². The minimum absolute atomic E-state index is 0.206. The van der Waals surface area contributed by atoms with Crippen LogP contribution in [0.5, 0.6) is 5.75 Å². The summed E-state index contributed by atoms with van der Waals surface area (Å²) < 4.78 is 22.9. The van der Waals surface area contributed by atoms with Crippen molar-refractivity contribution in [2.75, 3.05) is 38.2 Å². The van der Waals surface area contributed by atoms with Gasteiger partial charge in [-0.05, 0) is 48.6 Å². The number of hydrogen-bond acceptors (Lipinski definition) is 5. The van der Waals surface area contributed by atoms with Gasteiger partial charge in [0.25, 0.3) is 0 Å². The fraction of sp³-hybridized carbons (Fsp3) is 0.300. The molecule has 1 aliphatic heterocycles. The van der Waals surface area contributed by atoms with Gasteiger partial charge < -0.3 is 9.64 Å². The molecular weight excluding hydrogens is 377 g/mol. The van der Waals surface area contributed by atoms with Crippen LogP contribution in [0.15, 0.2) is 54.9 Å². The van der Waals surface area contributed by atoms with Crippen molar-refractivity contribution in [2.45, 2.75) is 6.67 Å². The standard InChI is InChI=1S/C20H22FN5OS/c1-27-19-5-3-2-4-18(19)25-14-22-26(20(25)28)15-23-10-12-24(13-11-23)17-8-6-16(21)7-9-17/h2-9,14H,10-13,15H2,1H3. The predicted octanol–water partition coefficient (Wildman–Crippen LogP) is 3.33. The third-order valence-electron chi connectivity index (χ3n) is 4.98. The molecule has 8 heteroatoms. The van der Waals surface area contributed by atoms with Gasteiger partial charge in [0.1, 0.15) is 17.9 Å². The van der Waals surface area contributed by atoms with Crippen molar-refractivity contribution in [3.63, 3.8) is 0 Å². The van der Waals surface area contributed by atoms with E-state index < -0.39 is 0 Å². The minimum atomic E-state index is -0.206. The number of hydrogen-bond donors (Lipinski definition) is 0. The van der Waals surface area contributed by atoms with Gasteiger partial charge >= 0.3 is 0 Å². The smallest absolute Gasteiger partial charge is 0.203 e. The molecule has 0 unspecified atom stereocenters. The fourth-order valence-electron chi connectivity index (χ4n) is 3.42. The lowest BCUT2D eigenvalue weighted by atomic mass is 10.2. The van der Waals surface area contributed by atoms with Gasteiger partial charge in [0.2, 0.25) is 4.77 Å². The molecule has 0 aliphatic carbocycles. The van der Waals surface area contributed by atoms with Crippen molar-refractivity contribution < 1.29 is 9.13 Å². The molecule has 0 spiro atoms. The zero-order valence-electron chi connectivity index (χ0n) is 15.7. The van der Waals surface area contributed by atoms with E-state index in [0.717, 1.165) is 43.3 Å². The number of halogens is 1. The van der Waals surface area contributed by atoms with Crippen LogP contribution in [0.4, 0.5) is 10.1 Å². The first-order valence-corrected chi connectivity index (χ1v) is 9.57. The summed E-state index contributed by atoms with van der Waals surface area (Å²) in [5.74, 6) is 0.549. The number of rotatable bonds is 5. The third kappa shape index (κ3) is 3.79. The summed E-state index contributed by atoms with van der Waals surface area (Å²) in [6.07, 6.45) is 1.73. The van der Waals surface area contributed by atoms with Gasteiger partial charge in [-0.3, -0.25) is 9.47 Å². The molecular formula is C20H22FN5OS. The first-order valence-electron chi connectivity index (χ1n) is 9.16. The SMILES string of the molecule is COc1ccccc1-n1cnn(CN2CCN(c3ccc(F)cc3)CC2)c1=S. The first kappa shape index (κ1) is 18.6. The van der Waals surface area contributed by atoms with Gasteiger partial charge in [-0.25, -0.2) is 9.07 Å². The number of methoxy groups -OCH3 is 1. The summed E-state index contributed by atoms with van der Waals surface area (Å²) in [4.78, 5) is 4.58. The van der Waals surface area contributed by atoms with Crippen molar-refractivity contribution >= 4 is 17.9 Å². The lowest BCUT2D eigenvalue weighted by molar-refractivity contribution is 0.194. The molecule has 4 rings (SSSR count). The van der Waals surface area contributed by atoms with Crippen LogP contribution in [0.2, 0.25) is 0 Å². The van der Waals surface area contributed by atoms with Gasteiger partial charge in [-0.15, -0.1) is 0 Å². The normalized spacial score (nSPS) is 15.0. The minimum Gasteiger partial charge on any atom is -0.495 e. The van der Waals surface area contributed by atoms with Crippen molar-refractivity contribution in [1.82, 2.24) is 19.2 Å². The molecule has 3 aromatic rings. The molecule has 0 atom stereocenters. The molecule has 1 aromatic heterocycles. The lowest BCUT2D eigenvalue weighted by Gasteiger charge is -2.35. The second-order valence-electron chi connectivity index (χ2n) is 6.68. The summed E-state index contributed by atoms with van der Waals surface area (Å²) >= 11 is 5.63. The van der Waals surface area contributed by atoms with Gasteiger partial charge in [0, 0.05) is 31.9 Å². The van der Waals surface area contributed by atoms with E-state index in [1.165, 1.54) is 12.1 Å². The molecule has 1 saturated heterocycles. The third-order valence-corrected chi connectivity index (χ3v) is 5.38. The highest BCUT2D eigenvalue weighted by Crippen LogP contribution is 2.22. The Morgan fingerprint density at radius 3 is 2.46 bits per heavy atom. The van der Waals surface area contributed by atoms with Crippen LogP contribution in [-0.4, -0.2) is 52.5 Å². The monoisotopic (exact) mass is 399 g/mol. The van der Waals surface area contributed by atoms with E-state index in [9.17, 15) is 4.39 Å². The highest BCUT2D eigenvalue weighted by Gasteiger charge is 2.18. The van der Waals surface area contributed by atoms with Gasteiger partial charge in [0.15, 0.2) is 0 Å². The van der Waals surface area contributed by atoms with E-state index in [1.807, 2.05) is 45.6 Å². The number of anilines is 1. The van der Waals surface area contributed by atoms with E-state index in [-0.39, 0.29) is 5.82 Å². The van der Waals surface area contributed by atoms with Crippen molar-refractivity contribution in [3.8, 4) is 11.4 Å². The molecule has 0 amide bonds. The molecule has 1 fully saturated rings. The van der Waals surface area contributed by atoms with Crippen molar-refractivity contribution in [3.05, 3.63) is 65.4 Å². The Balaban J connectivity index is 1.43. The maximum absolute atomic E-state index is 13.1. The first-order chi connectivity index (χ1) is 13.7. The van der Waals surface area contributed by atoms with E-state index in [1.54, 1.807) is 13.4 Å². The number of nitrogens with zero attached hydrogens (tertiary/aromatic N) is 5. The highest BCUT2D eigenvalue weighted by molar-refractivity contribution is 7.71. The van der Waals surface area contributed by atoms with E-state index in [4.69, 9.17) is 17.0 Å². The summed E-state index contributed by atoms with van der Waals surface area (Å²) in [6, 6.07) is 14.4. The van der Waals surface area contributed by atoms with Crippen LogP contribution in [0.25, 0.3) is 5.69 Å². The number of ether oxygens (including phenoxy) is 1. The Hall–Kier alpha value is -2.71. The van der Waals surface area contributed by atoms with Crippen LogP contribution in [0, 0.1) is 10.6 Å². The molecule has 1 aliphatic rings. The van der Waals surface area contributed by atoms with Crippen molar-refractivity contribution in [2.24, 2.45) is 0 Å². The molecule has 0 radical (unpaired) electrons. The quantitative estimate of drug-likeness (QED) is 0.616. The van der Waals surface area contributed by atoms with E-state index in [2.05, 4.69) is 14.9 Å². The van der Waals surface area contributed by atoms with Crippen LogP contribution in [0.1, 0.15) is 0 Å². The maximum atomic E-state index is 13.1. The lowest BCUT2D eigenvalue weighted by Crippen LogP contribution is -2.47. The van der Waals surface area contributed by atoms with Gasteiger partial charge in [-0.2, -0.15) is 5.10 Å². The molecule has 28 heavy (non-hydrogen) atoms. The van der Waals surface area contributed by atoms with Crippen LogP contribution < -0.4 is 9.64 Å². The molecule has 2 aromatic carbocycles. The van der Waals surface area contributed by atoms with Crippen LogP contribution >= 0.6 is 12.2 Å². The average Bonchev–Trinajstić information content (AvgIpc) is 3.09. The second-order valence-corrected chi connectivity index (χ2v) is 7.04. The number of aromatic nitrogens is 3. The molecule has 0 bridgehead atoms. The number of para-hydroxylation sites is 2. The van der Waals surface area contributed by atoms with E-state index in [0.29, 0.717) is 11.4 Å². The molecule has 0 saturated carbocycles. The number of piperazine rings is 1. The maximum Gasteiger partial charge on any atom is 0.203 e. The Kier molecular flexibility index (Phi) is 5.40. The summed E-state index contributed by atoms with van der Waals surface area (Å²) in [5, 5.41) is 4.47. The Morgan fingerprint density at radius 1 is 1.04 bits per heavy atom. The second kappa shape index (κ2) is 8.12. The van der Waals surface area contributed by atoms with Crippen LogP contribution in [-0.2, 0) is 6.67 Å². The fourth-order valence-corrected chi connectivity index (χ4v) is 3.67. The highest BCUT2D eigenvalue weighted by atomic mass is 32.1. The number of benzene rings is 2. The summed E-state index contributed by atoms with van der Waals surface area (Å²) in [7, 11) is 1.65. The summed E-state index contributed by atoms with van der Waals surface area (Å²) in [5.41, 5.74) is 1.93. The molecule has 146 valence electrons. The summed E-state index contributed by atoms with van der Waals surface area (Å²) in [6.45, 7) is 4.18. The Bertz CT molecular complexity index is 992. The van der Waals surface area contributed by atoms with Crippen LogP contribution in [0.3, 0.4) is 0 Å². The Morgan fingerprint density at radius 2 is 1.75 bits per heavy atom. The molecule has 2 heterocycles. The molecule has 0 N–H and O–H groups in total. The van der Waals surface area contributed by atoms with Crippen molar-refractivity contribution in [1.29, 1.82) is 0 Å². The van der Waals surface area contributed by atoms with Gasteiger partial charge in [-0.1, -0.05) is 12.1 Å². The van der Waals surface area contributed by atoms with E-state index >= 15 is 0 Å². The molecule has 6 nitrogen and oxygen atoms in total. The largest absolute Gasteiger partial charge is 0.495 e. The zero-order valence-corrected chi connectivity index (χ0v) is 16.5. The predicted molar refractivity (Wildman–Crippen MR) is 109 cm³/mol. The zero-order chi connectivity index (χ0) is 19.5. The topological polar surface area (TPSA) is 38.5 Å². The van der Waals surface area contributed by atoms with Gasteiger partial charge in [0.05, 0.1) is 19.5 Å². The average molecular weight is 399 g/mol.